The van der Waals surface area contributed by atoms with Crippen molar-refractivity contribution in [1.29, 1.82) is 0 Å². The highest BCUT2D eigenvalue weighted by Crippen LogP contribution is 2.22. The van der Waals surface area contributed by atoms with Crippen molar-refractivity contribution in [2.45, 2.75) is 26.8 Å². The third-order valence-corrected chi connectivity index (χ3v) is 3.30. The second-order valence-electron chi connectivity index (χ2n) is 4.84. The van der Waals surface area contributed by atoms with E-state index in [-0.39, 0.29) is 0 Å². The third kappa shape index (κ3) is 3.58. The number of hydrogen-bond donors (Lipinski definition) is 1. The van der Waals surface area contributed by atoms with Gasteiger partial charge in [-0.1, -0.05) is 42.5 Å². The highest BCUT2D eigenvalue weighted by atomic mass is 16.5. The zero-order valence-corrected chi connectivity index (χ0v) is 11.6. The Balaban J connectivity index is 1.92. The number of aryl methyl sites for hydroxylation is 2. The first-order chi connectivity index (χ1) is 9.20. The van der Waals surface area contributed by atoms with E-state index in [4.69, 9.17) is 10.5 Å². The molecule has 0 bridgehead atoms. The molecular formula is C17H21NO. The van der Waals surface area contributed by atoms with Gasteiger partial charge in [-0.25, -0.2) is 0 Å². The van der Waals surface area contributed by atoms with E-state index in [2.05, 4.69) is 56.3 Å². The molecule has 0 radical (unpaired) electrons. The first-order valence-corrected chi connectivity index (χ1v) is 6.67. The van der Waals surface area contributed by atoms with E-state index in [0.29, 0.717) is 13.2 Å². The maximum Gasteiger partial charge on any atom is 0.125 e. The summed E-state index contributed by atoms with van der Waals surface area (Å²) in [6, 6.07) is 14.6. The Morgan fingerprint density at radius 1 is 0.895 bits per heavy atom. The van der Waals surface area contributed by atoms with E-state index in [1.54, 1.807) is 0 Å². The molecule has 0 amide bonds. The second kappa shape index (κ2) is 6.39. The van der Waals surface area contributed by atoms with Gasteiger partial charge in [-0.05, 0) is 36.1 Å². The van der Waals surface area contributed by atoms with Crippen LogP contribution in [0.25, 0.3) is 0 Å². The Bertz CT molecular complexity index is 511. The van der Waals surface area contributed by atoms with E-state index >= 15 is 0 Å². The second-order valence-corrected chi connectivity index (χ2v) is 4.84. The van der Waals surface area contributed by atoms with Crippen LogP contribution in [0.2, 0.25) is 0 Å². The van der Waals surface area contributed by atoms with Crippen LogP contribution >= 0.6 is 0 Å². The lowest BCUT2D eigenvalue weighted by molar-refractivity contribution is 0.317. The van der Waals surface area contributed by atoms with Gasteiger partial charge in [-0.2, -0.15) is 0 Å². The highest BCUT2D eigenvalue weighted by Gasteiger charge is 2.03. The fourth-order valence-corrected chi connectivity index (χ4v) is 2.14. The molecule has 0 unspecified atom stereocenters. The van der Waals surface area contributed by atoms with Crippen molar-refractivity contribution in [3.05, 3.63) is 64.7 Å². The summed E-state index contributed by atoms with van der Waals surface area (Å²) in [7, 11) is 0. The van der Waals surface area contributed by atoms with Crippen LogP contribution in [-0.2, 0) is 13.0 Å². The van der Waals surface area contributed by atoms with Crippen LogP contribution in [0.15, 0.2) is 42.5 Å². The monoisotopic (exact) mass is 255 g/mol. The summed E-state index contributed by atoms with van der Waals surface area (Å²) in [6.07, 6.45) is 0.915. The molecule has 0 fully saturated rings. The molecule has 0 aromatic heterocycles. The van der Waals surface area contributed by atoms with E-state index in [1.165, 1.54) is 22.3 Å². The first kappa shape index (κ1) is 13.6. The molecule has 0 heterocycles. The molecule has 2 N–H and O–H groups in total. The molecule has 0 aliphatic carbocycles. The summed E-state index contributed by atoms with van der Waals surface area (Å²) in [5.41, 5.74) is 10.4. The van der Waals surface area contributed by atoms with Crippen molar-refractivity contribution in [2.75, 3.05) is 6.61 Å². The molecule has 100 valence electrons. The molecule has 2 rings (SSSR count). The normalized spacial score (nSPS) is 10.5. The lowest BCUT2D eigenvalue weighted by Gasteiger charge is -2.12. The summed E-state index contributed by atoms with van der Waals surface area (Å²) < 4.78 is 5.90. The standard InChI is InChI=1S/C17H21NO/c1-13-4-3-5-14(2)17(13)19-11-10-15-6-8-16(12-18)9-7-15/h3-9H,10-12,18H2,1-2H3. The van der Waals surface area contributed by atoms with Crippen LogP contribution in [0.1, 0.15) is 22.3 Å². The van der Waals surface area contributed by atoms with Crippen LogP contribution in [0.3, 0.4) is 0 Å². The Hall–Kier alpha value is -1.80. The van der Waals surface area contributed by atoms with Gasteiger partial charge in [-0.3, -0.25) is 0 Å². The Morgan fingerprint density at radius 2 is 1.47 bits per heavy atom. The Kier molecular flexibility index (Phi) is 4.58. The zero-order valence-electron chi connectivity index (χ0n) is 11.6. The van der Waals surface area contributed by atoms with E-state index < -0.39 is 0 Å². The van der Waals surface area contributed by atoms with Crippen LogP contribution in [0.4, 0.5) is 0 Å². The van der Waals surface area contributed by atoms with E-state index in [0.717, 1.165) is 12.2 Å². The van der Waals surface area contributed by atoms with Gasteiger partial charge >= 0.3 is 0 Å². The maximum atomic E-state index is 5.90. The predicted molar refractivity (Wildman–Crippen MR) is 79.4 cm³/mol. The fraction of sp³-hybridized carbons (Fsp3) is 0.294. The minimum absolute atomic E-state index is 0.596. The molecule has 2 nitrogen and oxygen atoms in total. The van der Waals surface area contributed by atoms with Gasteiger partial charge in [-0.15, -0.1) is 0 Å². The van der Waals surface area contributed by atoms with Crippen LogP contribution in [0.5, 0.6) is 5.75 Å². The molecule has 2 aromatic carbocycles. The number of benzene rings is 2. The SMILES string of the molecule is Cc1cccc(C)c1OCCc1ccc(CN)cc1. The van der Waals surface area contributed by atoms with Crippen LogP contribution in [0, 0.1) is 13.8 Å². The summed E-state index contributed by atoms with van der Waals surface area (Å²) in [5.74, 6) is 1.01. The van der Waals surface area contributed by atoms with Gasteiger partial charge < -0.3 is 10.5 Å². The van der Waals surface area contributed by atoms with Gasteiger partial charge in [0.1, 0.15) is 5.75 Å². The lowest BCUT2D eigenvalue weighted by atomic mass is 10.1. The van der Waals surface area contributed by atoms with Gasteiger partial charge in [0, 0.05) is 13.0 Å². The average molecular weight is 255 g/mol. The van der Waals surface area contributed by atoms with Gasteiger partial charge in [0.05, 0.1) is 6.61 Å². The Labute approximate surface area is 115 Å². The molecule has 19 heavy (non-hydrogen) atoms. The summed E-state index contributed by atoms with van der Waals surface area (Å²) in [6.45, 7) is 5.46. The molecule has 0 saturated carbocycles. The fourth-order valence-electron chi connectivity index (χ4n) is 2.14. The molecule has 0 aliphatic heterocycles. The van der Waals surface area contributed by atoms with Gasteiger partial charge in [0.15, 0.2) is 0 Å². The van der Waals surface area contributed by atoms with Crippen molar-refractivity contribution >= 4 is 0 Å². The summed E-state index contributed by atoms with van der Waals surface area (Å²) >= 11 is 0. The largest absolute Gasteiger partial charge is 0.493 e. The smallest absolute Gasteiger partial charge is 0.125 e. The predicted octanol–water partition coefficient (Wildman–Crippen LogP) is 3.38. The number of rotatable bonds is 5. The maximum absolute atomic E-state index is 5.90. The minimum Gasteiger partial charge on any atom is -0.493 e. The number of nitrogens with two attached hydrogens (primary N) is 1. The van der Waals surface area contributed by atoms with Gasteiger partial charge in [0.2, 0.25) is 0 Å². The minimum atomic E-state index is 0.596. The van der Waals surface area contributed by atoms with Crippen molar-refractivity contribution in [3.8, 4) is 5.75 Å². The summed E-state index contributed by atoms with van der Waals surface area (Å²) in [5, 5.41) is 0. The van der Waals surface area contributed by atoms with Crippen LogP contribution in [-0.4, -0.2) is 6.61 Å². The topological polar surface area (TPSA) is 35.2 Å². The third-order valence-electron chi connectivity index (χ3n) is 3.30. The molecule has 2 aromatic rings. The van der Waals surface area contributed by atoms with Crippen molar-refractivity contribution < 1.29 is 4.74 Å². The Morgan fingerprint density at radius 3 is 2.05 bits per heavy atom. The molecule has 0 aliphatic rings. The molecular weight excluding hydrogens is 234 g/mol. The van der Waals surface area contributed by atoms with E-state index in [1.807, 2.05) is 0 Å². The van der Waals surface area contributed by atoms with Gasteiger partial charge in [0.25, 0.3) is 0 Å². The number of para-hydroxylation sites is 1. The van der Waals surface area contributed by atoms with Crippen molar-refractivity contribution in [1.82, 2.24) is 0 Å². The highest BCUT2D eigenvalue weighted by molar-refractivity contribution is 5.39. The van der Waals surface area contributed by atoms with Crippen molar-refractivity contribution in [2.24, 2.45) is 5.73 Å². The molecule has 0 spiro atoms. The van der Waals surface area contributed by atoms with Crippen molar-refractivity contribution in [3.63, 3.8) is 0 Å². The molecule has 2 heteroatoms. The number of ether oxygens (including phenoxy) is 1. The first-order valence-electron chi connectivity index (χ1n) is 6.67. The molecule has 0 saturated heterocycles. The zero-order chi connectivity index (χ0) is 13.7. The molecule has 0 atom stereocenters. The quantitative estimate of drug-likeness (QED) is 0.889. The van der Waals surface area contributed by atoms with Crippen LogP contribution < -0.4 is 10.5 Å². The average Bonchev–Trinajstić information content (AvgIpc) is 2.43. The lowest BCUT2D eigenvalue weighted by Crippen LogP contribution is -2.04. The van der Waals surface area contributed by atoms with E-state index in [9.17, 15) is 0 Å². The summed E-state index contributed by atoms with van der Waals surface area (Å²) in [4.78, 5) is 0. The number of hydrogen-bond acceptors (Lipinski definition) is 2.